The number of quaternary nitrogens is 2. The molecule has 1 saturated heterocycles. The Hall–Kier alpha value is -2.38. The van der Waals surface area contributed by atoms with Crippen molar-refractivity contribution in [1.82, 2.24) is 4.90 Å². The van der Waals surface area contributed by atoms with Crippen LogP contribution in [0.3, 0.4) is 0 Å². The Kier molecular flexibility index (Phi) is 5.58. The molecular formula is C19H27N3O4+2. The number of carbonyl (C=O) groups is 2. The fourth-order valence-electron chi connectivity index (χ4n) is 3.81. The lowest BCUT2D eigenvalue weighted by molar-refractivity contribution is -0.946. The molecule has 1 fully saturated rings. The second kappa shape index (κ2) is 7.88. The minimum Gasteiger partial charge on any atom is -0.503 e. The van der Waals surface area contributed by atoms with Crippen molar-refractivity contribution in [3.8, 4) is 5.75 Å². The summed E-state index contributed by atoms with van der Waals surface area (Å²) in [7, 11) is 1.58. The van der Waals surface area contributed by atoms with Gasteiger partial charge in [0, 0.05) is 0 Å². The van der Waals surface area contributed by atoms with E-state index in [1.165, 1.54) is 11.8 Å². The van der Waals surface area contributed by atoms with E-state index in [4.69, 9.17) is 4.74 Å². The van der Waals surface area contributed by atoms with Gasteiger partial charge in [0.25, 0.3) is 5.91 Å². The molecule has 2 aliphatic rings. The highest BCUT2D eigenvalue weighted by Gasteiger charge is 2.42. The normalized spacial score (nSPS) is 21.4. The van der Waals surface area contributed by atoms with Gasteiger partial charge in [0.2, 0.25) is 0 Å². The molecule has 0 aromatic heterocycles. The highest BCUT2D eigenvalue weighted by molar-refractivity contribution is 6.08. The maximum Gasteiger partial charge on any atom is 0.290 e. The lowest BCUT2D eigenvalue weighted by atomic mass is 9.96. The van der Waals surface area contributed by atoms with Crippen molar-refractivity contribution in [3.05, 3.63) is 41.2 Å². The Bertz CT molecular complexity index is 725. The average molecular weight is 361 g/mol. The third kappa shape index (κ3) is 3.59. The van der Waals surface area contributed by atoms with Crippen molar-refractivity contribution >= 4 is 11.7 Å². The number of rotatable bonds is 6. The van der Waals surface area contributed by atoms with Gasteiger partial charge in [0.05, 0.1) is 31.8 Å². The van der Waals surface area contributed by atoms with Gasteiger partial charge in [0.1, 0.15) is 31.9 Å². The molecule has 7 nitrogen and oxygen atoms in total. The standard InChI is InChI=1S/C19H25N3O4/c1-13(23)16-17(14-4-3-5-15(12-14)26-2)22(19(25)18(16)24)11-10-21-8-6-20-7-9-21/h3-5,12,17,20,24H,6-11H2,1-2H3/p+2/t17-/m1/s1. The van der Waals surface area contributed by atoms with Gasteiger partial charge in [-0.15, -0.1) is 0 Å². The number of hydrogen-bond donors (Lipinski definition) is 3. The quantitative estimate of drug-likeness (QED) is 0.572. The van der Waals surface area contributed by atoms with E-state index in [0.717, 1.165) is 38.3 Å². The lowest BCUT2D eigenvalue weighted by Crippen LogP contribution is -3.20. The Balaban J connectivity index is 1.88. The van der Waals surface area contributed by atoms with E-state index < -0.39 is 17.7 Å². The fraction of sp³-hybridized carbons (Fsp3) is 0.474. The van der Waals surface area contributed by atoms with Crippen molar-refractivity contribution in [1.29, 1.82) is 0 Å². The minimum atomic E-state index is -0.564. The molecule has 1 atom stereocenters. The molecule has 140 valence electrons. The number of nitrogens with two attached hydrogens (primary N) is 1. The molecular weight excluding hydrogens is 334 g/mol. The molecule has 7 heteroatoms. The Morgan fingerprint density at radius 3 is 2.77 bits per heavy atom. The first kappa shape index (κ1) is 18.4. The number of nitrogens with zero attached hydrogens (tertiary/aromatic N) is 1. The number of nitrogens with one attached hydrogen (secondary N) is 1. The Labute approximate surface area is 153 Å². The molecule has 0 saturated carbocycles. The summed E-state index contributed by atoms with van der Waals surface area (Å²) in [6, 6.07) is 6.75. The smallest absolute Gasteiger partial charge is 0.290 e. The number of Topliss-reactive ketones (excluding diaryl/α,β-unsaturated/α-hetero) is 1. The zero-order valence-corrected chi connectivity index (χ0v) is 15.3. The van der Waals surface area contributed by atoms with Crippen molar-refractivity contribution in [2.75, 3.05) is 46.4 Å². The third-order valence-corrected chi connectivity index (χ3v) is 5.20. The van der Waals surface area contributed by atoms with Crippen LogP contribution in [0.2, 0.25) is 0 Å². The summed E-state index contributed by atoms with van der Waals surface area (Å²) >= 11 is 0. The molecule has 3 rings (SSSR count). The average Bonchev–Trinajstić information content (AvgIpc) is 2.92. The van der Waals surface area contributed by atoms with Crippen LogP contribution in [0.1, 0.15) is 18.5 Å². The minimum absolute atomic E-state index is 0.172. The SMILES string of the molecule is COc1cccc([C@@H]2C(C(C)=O)=C(O)C(=O)N2CC[NH+]2CC[NH2+]CC2)c1. The van der Waals surface area contributed by atoms with Gasteiger partial charge >= 0.3 is 0 Å². The summed E-state index contributed by atoms with van der Waals surface area (Å²) in [4.78, 5) is 27.9. The number of benzene rings is 1. The lowest BCUT2D eigenvalue weighted by Gasteiger charge is -2.29. The molecule has 2 heterocycles. The van der Waals surface area contributed by atoms with E-state index >= 15 is 0 Å². The van der Waals surface area contributed by atoms with E-state index in [9.17, 15) is 14.7 Å². The van der Waals surface area contributed by atoms with E-state index in [1.54, 1.807) is 12.0 Å². The van der Waals surface area contributed by atoms with Crippen molar-refractivity contribution < 1.29 is 29.6 Å². The first-order valence-electron chi connectivity index (χ1n) is 9.07. The zero-order chi connectivity index (χ0) is 18.7. The molecule has 0 aliphatic carbocycles. The summed E-state index contributed by atoms with van der Waals surface area (Å²) in [5, 5.41) is 12.6. The maximum atomic E-state index is 12.7. The van der Waals surface area contributed by atoms with E-state index in [1.807, 2.05) is 24.3 Å². The zero-order valence-electron chi connectivity index (χ0n) is 15.3. The fourth-order valence-corrected chi connectivity index (χ4v) is 3.81. The van der Waals surface area contributed by atoms with Crippen LogP contribution in [0, 0.1) is 0 Å². The molecule has 0 bridgehead atoms. The van der Waals surface area contributed by atoms with E-state index in [-0.39, 0.29) is 11.4 Å². The van der Waals surface area contributed by atoms with Gasteiger partial charge in [-0.05, 0) is 24.6 Å². The first-order chi connectivity index (χ1) is 12.5. The maximum absolute atomic E-state index is 12.7. The summed E-state index contributed by atoms with van der Waals surface area (Å²) < 4.78 is 5.28. The molecule has 4 N–H and O–H groups in total. The topological polar surface area (TPSA) is 87.9 Å². The summed E-state index contributed by atoms with van der Waals surface area (Å²) in [6.07, 6.45) is 0. The molecule has 0 radical (unpaired) electrons. The van der Waals surface area contributed by atoms with Crippen molar-refractivity contribution in [2.45, 2.75) is 13.0 Å². The number of aliphatic hydroxyl groups is 1. The second-order valence-electron chi connectivity index (χ2n) is 6.86. The molecule has 1 amide bonds. The molecule has 26 heavy (non-hydrogen) atoms. The molecule has 1 aromatic carbocycles. The third-order valence-electron chi connectivity index (χ3n) is 5.20. The number of carbonyl (C=O) groups excluding carboxylic acids is 2. The second-order valence-corrected chi connectivity index (χ2v) is 6.86. The van der Waals surface area contributed by atoms with Gasteiger partial charge in [0.15, 0.2) is 11.5 Å². The number of methoxy groups -OCH3 is 1. The van der Waals surface area contributed by atoms with Gasteiger partial charge in [-0.1, -0.05) is 12.1 Å². The Morgan fingerprint density at radius 1 is 1.38 bits per heavy atom. The summed E-state index contributed by atoms with van der Waals surface area (Å²) in [5.74, 6) is -0.522. The number of aliphatic hydroxyl groups excluding tert-OH is 1. The summed E-state index contributed by atoms with van der Waals surface area (Å²) in [5.41, 5.74) is 0.944. The van der Waals surface area contributed by atoms with Crippen LogP contribution in [0.15, 0.2) is 35.6 Å². The number of amides is 1. The largest absolute Gasteiger partial charge is 0.503 e. The summed E-state index contributed by atoms with van der Waals surface area (Å²) in [6.45, 7) is 6.99. The number of hydrogen-bond acceptors (Lipinski definition) is 4. The van der Waals surface area contributed by atoms with Gasteiger partial charge in [-0.25, -0.2) is 0 Å². The predicted molar refractivity (Wildman–Crippen MR) is 95.0 cm³/mol. The number of ether oxygens (including phenoxy) is 1. The molecule has 2 aliphatic heterocycles. The van der Waals surface area contributed by atoms with Gasteiger partial charge in [-0.3, -0.25) is 9.59 Å². The molecule has 1 aromatic rings. The molecule has 0 spiro atoms. The van der Waals surface area contributed by atoms with Crippen molar-refractivity contribution in [2.24, 2.45) is 0 Å². The van der Waals surface area contributed by atoms with Gasteiger partial charge < -0.3 is 25.0 Å². The van der Waals surface area contributed by atoms with E-state index in [2.05, 4.69) is 5.32 Å². The monoisotopic (exact) mass is 361 g/mol. The van der Waals surface area contributed by atoms with E-state index in [0.29, 0.717) is 12.3 Å². The highest BCUT2D eigenvalue weighted by Crippen LogP contribution is 2.38. The van der Waals surface area contributed by atoms with Crippen LogP contribution in [-0.4, -0.2) is 68.1 Å². The predicted octanol–water partition coefficient (Wildman–Crippen LogP) is -1.56. The van der Waals surface area contributed by atoms with Crippen LogP contribution in [0.25, 0.3) is 0 Å². The van der Waals surface area contributed by atoms with Crippen LogP contribution < -0.4 is 15.0 Å². The first-order valence-corrected chi connectivity index (χ1v) is 9.07. The van der Waals surface area contributed by atoms with Crippen molar-refractivity contribution in [3.63, 3.8) is 0 Å². The van der Waals surface area contributed by atoms with Crippen LogP contribution in [0.5, 0.6) is 5.75 Å². The highest BCUT2D eigenvalue weighted by atomic mass is 16.5. The van der Waals surface area contributed by atoms with Crippen LogP contribution >= 0.6 is 0 Å². The van der Waals surface area contributed by atoms with Crippen LogP contribution in [-0.2, 0) is 9.59 Å². The van der Waals surface area contributed by atoms with Crippen LogP contribution in [0.4, 0.5) is 0 Å². The van der Waals surface area contributed by atoms with Gasteiger partial charge in [-0.2, -0.15) is 0 Å². The number of piperazine rings is 1. The molecule has 0 unspecified atom stereocenters. The number of ketones is 1. The Morgan fingerprint density at radius 2 is 2.12 bits per heavy atom.